The molecule has 1 saturated heterocycles. The summed E-state index contributed by atoms with van der Waals surface area (Å²) in [6.07, 6.45) is 2.43. The Labute approximate surface area is 106 Å². The third-order valence-corrected chi connectivity index (χ3v) is 3.27. The van der Waals surface area contributed by atoms with Crippen LogP contribution in [-0.2, 0) is 0 Å². The molecule has 100 valence electrons. The minimum Gasteiger partial charge on any atom is -0.390 e. The first kappa shape index (κ1) is 12.8. The first-order valence-electron chi connectivity index (χ1n) is 6.09. The second-order valence-electron chi connectivity index (χ2n) is 4.95. The Morgan fingerprint density at radius 2 is 2.17 bits per heavy atom. The summed E-state index contributed by atoms with van der Waals surface area (Å²) in [5, 5.41) is 10.1. The number of hydrogen-bond donors (Lipinski definition) is 4. The number of nitrogens with two attached hydrogens (primary N) is 2. The van der Waals surface area contributed by atoms with E-state index in [2.05, 4.69) is 20.3 Å². The quantitative estimate of drug-likeness (QED) is 0.435. The molecule has 0 spiro atoms. The van der Waals surface area contributed by atoms with E-state index in [1.807, 2.05) is 6.92 Å². The van der Waals surface area contributed by atoms with Crippen LogP contribution in [0.1, 0.15) is 26.2 Å². The third-order valence-electron chi connectivity index (χ3n) is 3.27. The van der Waals surface area contributed by atoms with Gasteiger partial charge in [0.25, 0.3) is 0 Å². The van der Waals surface area contributed by atoms with Crippen molar-refractivity contribution in [1.29, 1.82) is 0 Å². The monoisotopic (exact) mass is 252 g/mol. The van der Waals surface area contributed by atoms with Gasteiger partial charge in [-0.15, -0.1) is 0 Å². The van der Waals surface area contributed by atoms with Gasteiger partial charge in [-0.05, 0) is 26.2 Å². The summed E-state index contributed by atoms with van der Waals surface area (Å²) in [5.74, 6) is 6.77. The molecular formula is C11H20N6O. The lowest BCUT2D eigenvalue weighted by atomic mass is 9.98. The van der Waals surface area contributed by atoms with Gasteiger partial charge in [0.1, 0.15) is 11.6 Å². The summed E-state index contributed by atoms with van der Waals surface area (Å²) in [4.78, 5) is 10.3. The molecule has 1 fully saturated rings. The summed E-state index contributed by atoms with van der Waals surface area (Å²) in [6, 6.07) is 1.76. The standard InChI is InChI=1S/C11H20N6O/c1-11(18)3-2-5-17(6-4-11)9-7-8(16-13)14-10(12)15-9/h7,18H,2-6,13H2,1H3,(H3,12,14,15,16). The molecule has 0 amide bonds. The van der Waals surface area contributed by atoms with Crippen molar-refractivity contribution in [3.63, 3.8) is 0 Å². The number of nitrogens with zero attached hydrogens (tertiary/aromatic N) is 3. The van der Waals surface area contributed by atoms with E-state index < -0.39 is 5.60 Å². The zero-order chi connectivity index (χ0) is 13.2. The van der Waals surface area contributed by atoms with Crippen molar-refractivity contribution in [3.05, 3.63) is 6.07 Å². The maximum absolute atomic E-state index is 10.1. The van der Waals surface area contributed by atoms with Crippen LogP contribution in [0, 0.1) is 0 Å². The first-order chi connectivity index (χ1) is 8.50. The number of nitrogens with one attached hydrogen (secondary N) is 1. The van der Waals surface area contributed by atoms with Gasteiger partial charge in [0.05, 0.1) is 5.60 Å². The van der Waals surface area contributed by atoms with Crippen LogP contribution in [0.2, 0.25) is 0 Å². The molecule has 2 heterocycles. The van der Waals surface area contributed by atoms with E-state index in [-0.39, 0.29) is 5.95 Å². The van der Waals surface area contributed by atoms with E-state index in [0.29, 0.717) is 12.2 Å². The van der Waals surface area contributed by atoms with Crippen LogP contribution < -0.4 is 21.9 Å². The zero-order valence-electron chi connectivity index (χ0n) is 10.6. The van der Waals surface area contributed by atoms with Crippen LogP contribution in [0.25, 0.3) is 0 Å². The summed E-state index contributed by atoms with van der Waals surface area (Å²) in [7, 11) is 0. The Balaban J connectivity index is 2.18. The average Bonchev–Trinajstić information content (AvgIpc) is 2.49. The Kier molecular flexibility index (Phi) is 3.53. The molecule has 7 heteroatoms. The molecule has 1 aromatic rings. The molecule has 0 aliphatic carbocycles. The van der Waals surface area contributed by atoms with Gasteiger partial charge in [-0.1, -0.05) is 0 Å². The number of nitrogen functional groups attached to an aromatic ring is 2. The van der Waals surface area contributed by atoms with Gasteiger partial charge in [0.2, 0.25) is 5.95 Å². The van der Waals surface area contributed by atoms with Crippen molar-refractivity contribution in [1.82, 2.24) is 9.97 Å². The van der Waals surface area contributed by atoms with Crippen LogP contribution in [-0.4, -0.2) is 33.8 Å². The van der Waals surface area contributed by atoms with Crippen LogP contribution in [0.4, 0.5) is 17.6 Å². The van der Waals surface area contributed by atoms with Crippen LogP contribution >= 0.6 is 0 Å². The largest absolute Gasteiger partial charge is 0.390 e. The van der Waals surface area contributed by atoms with Crippen LogP contribution in [0.15, 0.2) is 6.07 Å². The molecule has 2 rings (SSSR count). The lowest BCUT2D eigenvalue weighted by molar-refractivity contribution is 0.0481. The van der Waals surface area contributed by atoms with Crippen molar-refractivity contribution in [3.8, 4) is 0 Å². The van der Waals surface area contributed by atoms with Gasteiger partial charge < -0.3 is 21.2 Å². The van der Waals surface area contributed by atoms with Crippen molar-refractivity contribution in [2.75, 3.05) is 29.1 Å². The molecule has 0 bridgehead atoms. The van der Waals surface area contributed by atoms with E-state index in [1.165, 1.54) is 0 Å². The first-order valence-corrected chi connectivity index (χ1v) is 6.09. The molecule has 1 unspecified atom stereocenters. The number of hydrazine groups is 1. The van der Waals surface area contributed by atoms with E-state index in [9.17, 15) is 5.11 Å². The molecular weight excluding hydrogens is 232 g/mol. The SMILES string of the molecule is CC1(O)CCCN(c2cc(NN)nc(N)n2)CC1. The molecule has 0 saturated carbocycles. The lowest BCUT2D eigenvalue weighted by Crippen LogP contribution is -2.29. The number of hydrogen-bond acceptors (Lipinski definition) is 7. The van der Waals surface area contributed by atoms with E-state index in [4.69, 9.17) is 11.6 Å². The highest BCUT2D eigenvalue weighted by atomic mass is 16.3. The molecule has 7 nitrogen and oxygen atoms in total. The highest BCUT2D eigenvalue weighted by Crippen LogP contribution is 2.25. The number of aromatic nitrogens is 2. The minimum absolute atomic E-state index is 0.191. The van der Waals surface area contributed by atoms with Crippen LogP contribution in [0.3, 0.4) is 0 Å². The summed E-state index contributed by atoms with van der Waals surface area (Å²) < 4.78 is 0. The molecule has 1 aromatic heterocycles. The summed E-state index contributed by atoms with van der Waals surface area (Å²) in [5.41, 5.74) is 7.52. The molecule has 1 atom stereocenters. The molecule has 0 aromatic carbocycles. The summed E-state index contributed by atoms with van der Waals surface area (Å²) in [6.45, 7) is 3.46. The predicted octanol–water partition coefficient (Wildman–Crippen LogP) is 0.0857. The number of rotatable bonds is 2. The lowest BCUT2D eigenvalue weighted by Gasteiger charge is -2.23. The predicted molar refractivity (Wildman–Crippen MR) is 70.9 cm³/mol. The molecule has 6 N–H and O–H groups in total. The fourth-order valence-corrected chi connectivity index (χ4v) is 2.18. The maximum atomic E-state index is 10.1. The Morgan fingerprint density at radius 3 is 2.89 bits per heavy atom. The van der Waals surface area contributed by atoms with Crippen molar-refractivity contribution in [2.45, 2.75) is 31.8 Å². The highest BCUT2D eigenvalue weighted by Gasteiger charge is 2.25. The topological polar surface area (TPSA) is 113 Å². The van der Waals surface area contributed by atoms with E-state index >= 15 is 0 Å². The fourth-order valence-electron chi connectivity index (χ4n) is 2.18. The van der Waals surface area contributed by atoms with Crippen molar-refractivity contribution in [2.24, 2.45) is 5.84 Å². The number of aliphatic hydroxyl groups is 1. The van der Waals surface area contributed by atoms with Gasteiger partial charge >= 0.3 is 0 Å². The van der Waals surface area contributed by atoms with Gasteiger partial charge in [-0.25, -0.2) is 5.84 Å². The Bertz CT molecular complexity index is 422. The van der Waals surface area contributed by atoms with Crippen LogP contribution in [0.5, 0.6) is 0 Å². The summed E-state index contributed by atoms with van der Waals surface area (Å²) >= 11 is 0. The zero-order valence-corrected chi connectivity index (χ0v) is 10.6. The average molecular weight is 252 g/mol. The van der Waals surface area contributed by atoms with Gasteiger partial charge in [-0.3, -0.25) is 0 Å². The second kappa shape index (κ2) is 4.95. The fraction of sp³-hybridized carbons (Fsp3) is 0.636. The molecule has 0 radical (unpaired) electrons. The molecule has 1 aliphatic rings. The normalized spacial score (nSPS) is 24.7. The molecule has 18 heavy (non-hydrogen) atoms. The van der Waals surface area contributed by atoms with Crippen molar-refractivity contribution < 1.29 is 5.11 Å². The third kappa shape index (κ3) is 2.99. The maximum Gasteiger partial charge on any atom is 0.223 e. The van der Waals surface area contributed by atoms with Crippen molar-refractivity contribution >= 4 is 17.6 Å². The van der Waals surface area contributed by atoms with Gasteiger partial charge in [0, 0.05) is 19.2 Å². The Morgan fingerprint density at radius 1 is 1.39 bits per heavy atom. The highest BCUT2D eigenvalue weighted by molar-refractivity contribution is 5.52. The second-order valence-corrected chi connectivity index (χ2v) is 4.95. The van der Waals surface area contributed by atoms with Gasteiger partial charge in [0.15, 0.2) is 0 Å². The van der Waals surface area contributed by atoms with E-state index in [1.54, 1.807) is 6.07 Å². The van der Waals surface area contributed by atoms with Gasteiger partial charge in [-0.2, -0.15) is 9.97 Å². The molecule has 1 aliphatic heterocycles. The Hall–Kier alpha value is -1.60. The minimum atomic E-state index is -0.595. The number of anilines is 3. The smallest absolute Gasteiger partial charge is 0.223 e. The van der Waals surface area contributed by atoms with E-state index in [0.717, 1.165) is 31.7 Å².